The summed E-state index contributed by atoms with van der Waals surface area (Å²) in [6, 6.07) is 18.2. The Bertz CT molecular complexity index is 878. The molecule has 4 rings (SSSR count). The van der Waals surface area contributed by atoms with Crippen molar-refractivity contribution in [3.8, 4) is 11.4 Å². The van der Waals surface area contributed by atoms with Gasteiger partial charge in [0.1, 0.15) is 0 Å². The third kappa shape index (κ3) is 4.54. The van der Waals surface area contributed by atoms with Gasteiger partial charge in [-0.05, 0) is 37.0 Å². The highest BCUT2D eigenvalue weighted by molar-refractivity contribution is 7.99. The number of hydrogen-bond acceptors (Lipinski definition) is 4. The lowest BCUT2D eigenvalue weighted by molar-refractivity contribution is 0.0315. The second-order valence-electron chi connectivity index (χ2n) is 6.66. The van der Waals surface area contributed by atoms with E-state index in [1.165, 1.54) is 18.4 Å². The topological polar surface area (TPSA) is 39.9 Å². The third-order valence-electron chi connectivity index (χ3n) is 4.69. The zero-order valence-corrected chi connectivity index (χ0v) is 16.6. The number of aromatic nitrogens is 3. The highest BCUT2D eigenvalue weighted by Crippen LogP contribution is 2.31. The van der Waals surface area contributed by atoms with E-state index in [2.05, 4.69) is 39.0 Å². The van der Waals surface area contributed by atoms with Crippen LogP contribution in [0.3, 0.4) is 0 Å². The highest BCUT2D eigenvalue weighted by atomic mass is 35.5. The molecule has 140 valence electrons. The van der Waals surface area contributed by atoms with Crippen molar-refractivity contribution in [1.82, 2.24) is 14.8 Å². The average Bonchev–Trinajstić information content (AvgIpc) is 3.10. The van der Waals surface area contributed by atoms with Gasteiger partial charge in [-0.25, -0.2) is 0 Å². The molecule has 0 N–H and O–H groups in total. The van der Waals surface area contributed by atoms with Crippen molar-refractivity contribution in [2.45, 2.75) is 37.1 Å². The van der Waals surface area contributed by atoms with Crippen LogP contribution in [0.5, 0.6) is 0 Å². The molecule has 6 heteroatoms. The largest absolute Gasteiger partial charge is 0.377 e. The van der Waals surface area contributed by atoms with E-state index in [1.807, 2.05) is 30.3 Å². The Morgan fingerprint density at radius 2 is 1.85 bits per heavy atom. The van der Waals surface area contributed by atoms with E-state index in [0.29, 0.717) is 17.7 Å². The van der Waals surface area contributed by atoms with E-state index >= 15 is 0 Å². The molecule has 0 saturated carbocycles. The number of hydrogen-bond donors (Lipinski definition) is 0. The number of benzene rings is 2. The Kier molecular flexibility index (Phi) is 6.12. The molecule has 3 aromatic rings. The lowest BCUT2D eigenvalue weighted by Gasteiger charge is -2.22. The van der Waals surface area contributed by atoms with Crippen LogP contribution >= 0.6 is 23.4 Å². The van der Waals surface area contributed by atoms with Crippen molar-refractivity contribution < 1.29 is 4.74 Å². The minimum Gasteiger partial charge on any atom is -0.377 e. The fourth-order valence-electron chi connectivity index (χ4n) is 3.25. The van der Waals surface area contributed by atoms with Gasteiger partial charge in [0.15, 0.2) is 11.0 Å². The molecule has 2 aromatic carbocycles. The lowest BCUT2D eigenvalue weighted by atomic mass is 10.1. The van der Waals surface area contributed by atoms with Crippen molar-refractivity contribution in [2.24, 2.45) is 0 Å². The van der Waals surface area contributed by atoms with Crippen LogP contribution in [0.2, 0.25) is 5.02 Å². The van der Waals surface area contributed by atoms with E-state index in [0.717, 1.165) is 35.3 Å². The molecule has 4 nitrogen and oxygen atoms in total. The molecule has 1 aliphatic heterocycles. The molecule has 1 aromatic heterocycles. The highest BCUT2D eigenvalue weighted by Gasteiger charge is 2.20. The number of rotatable bonds is 6. The van der Waals surface area contributed by atoms with Crippen LogP contribution in [0.15, 0.2) is 59.8 Å². The predicted molar refractivity (Wildman–Crippen MR) is 110 cm³/mol. The second-order valence-corrected chi connectivity index (χ2v) is 8.05. The van der Waals surface area contributed by atoms with Crippen LogP contribution in [0.25, 0.3) is 11.4 Å². The number of thioether (sulfide) groups is 1. The predicted octanol–water partition coefficient (Wildman–Crippen LogP) is 5.31. The Labute approximate surface area is 168 Å². The van der Waals surface area contributed by atoms with Gasteiger partial charge in [-0.3, -0.25) is 4.57 Å². The van der Waals surface area contributed by atoms with Gasteiger partial charge in [0.25, 0.3) is 0 Å². The maximum Gasteiger partial charge on any atom is 0.191 e. The van der Waals surface area contributed by atoms with E-state index in [1.54, 1.807) is 11.8 Å². The average molecular weight is 400 g/mol. The number of nitrogens with zero attached hydrogens (tertiary/aromatic N) is 3. The summed E-state index contributed by atoms with van der Waals surface area (Å²) in [7, 11) is 0. The lowest BCUT2D eigenvalue weighted by Crippen LogP contribution is -2.21. The summed E-state index contributed by atoms with van der Waals surface area (Å²) in [5.74, 6) is 1.70. The van der Waals surface area contributed by atoms with E-state index in [4.69, 9.17) is 16.3 Å². The van der Waals surface area contributed by atoms with Crippen LogP contribution in [0.1, 0.15) is 24.8 Å². The molecule has 0 bridgehead atoms. The molecule has 27 heavy (non-hydrogen) atoms. The standard InChI is InChI=1S/C21H22ClN3OS/c22-19-12-5-4-11-18(19)20-23-24-21(27-15-17-10-6-7-13-26-17)25(20)14-16-8-2-1-3-9-16/h1-5,8-9,11-12,17H,6-7,10,13-15H2/t17-/m0/s1. The summed E-state index contributed by atoms with van der Waals surface area (Å²) in [5.41, 5.74) is 2.12. The van der Waals surface area contributed by atoms with E-state index < -0.39 is 0 Å². The van der Waals surface area contributed by atoms with Crippen LogP contribution < -0.4 is 0 Å². The minimum absolute atomic E-state index is 0.300. The maximum atomic E-state index is 6.43. The molecule has 0 amide bonds. The maximum absolute atomic E-state index is 6.43. The Hall–Kier alpha value is -1.82. The van der Waals surface area contributed by atoms with E-state index in [9.17, 15) is 0 Å². The first kappa shape index (κ1) is 18.5. The Morgan fingerprint density at radius 1 is 1.04 bits per heavy atom. The molecule has 1 fully saturated rings. The van der Waals surface area contributed by atoms with Gasteiger partial charge in [-0.15, -0.1) is 10.2 Å². The van der Waals surface area contributed by atoms with Crippen LogP contribution in [-0.4, -0.2) is 33.2 Å². The van der Waals surface area contributed by atoms with Gasteiger partial charge in [-0.1, -0.05) is 65.8 Å². The summed E-state index contributed by atoms with van der Waals surface area (Å²) in [5, 5.41) is 10.5. The number of ether oxygens (including phenoxy) is 1. The van der Waals surface area contributed by atoms with Gasteiger partial charge in [0, 0.05) is 17.9 Å². The van der Waals surface area contributed by atoms with E-state index in [-0.39, 0.29) is 0 Å². The van der Waals surface area contributed by atoms with Crippen molar-refractivity contribution in [3.05, 3.63) is 65.2 Å². The molecule has 2 heterocycles. The van der Waals surface area contributed by atoms with Gasteiger partial charge in [0.05, 0.1) is 17.7 Å². The molecule has 0 spiro atoms. The Morgan fingerprint density at radius 3 is 2.63 bits per heavy atom. The monoisotopic (exact) mass is 399 g/mol. The van der Waals surface area contributed by atoms with Crippen molar-refractivity contribution in [2.75, 3.05) is 12.4 Å². The molecular formula is C21H22ClN3OS. The van der Waals surface area contributed by atoms with Crippen molar-refractivity contribution in [3.63, 3.8) is 0 Å². The van der Waals surface area contributed by atoms with Crippen LogP contribution in [0, 0.1) is 0 Å². The quantitative estimate of drug-likeness (QED) is 0.527. The molecule has 0 unspecified atom stereocenters. The normalized spacial score (nSPS) is 17.1. The summed E-state index contributed by atoms with van der Waals surface area (Å²) < 4.78 is 8.03. The first-order valence-corrected chi connectivity index (χ1v) is 10.6. The first-order chi connectivity index (χ1) is 13.3. The zero-order valence-electron chi connectivity index (χ0n) is 15.1. The van der Waals surface area contributed by atoms with Gasteiger partial charge >= 0.3 is 0 Å². The third-order valence-corrected chi connectivity index (χ3v) is 6.12. The fourth-order valence-corrected chi connectivity index (χ4v) is 4.48. The summed E-state index contributed by atoms with van der Waals surface area (Å²) in [6.07, 6.45) is 3.83. The summed E-state index contributed by atoms with van der Waals surface area (Å²) in [4.78, 5) is 0. The van der Waals surface area contributed by atoms with Crippen LogP contribution in [0.4, 0.5) is 0 Å². The van der Waals surface area contributed by atoms with Crippen molar-refractivity contribution in [1.29, 1.82) is 0 Å². The minimum atomic E-state index is 0.300. The van der Waals surface area contributed by atoms with Crippen LogP contribution in [-0.2, 0) is 11.3 Å². The summed E-state index contributed by atoms with van der Waals surface area (Å²) in [6.45, 7) is 1.58. The van der Waals surface area contributed by atoms with Gasteiger partial charge in [-0.2, -0.15) is 0 Å². The van der Waals surface area contributed by atoms with Gasteiger partial charge in [0.2, 0.25) is 0 Å². The first-order valence-electron chi connectivity index (χ1n) is 9.27. The number of halogens is 1. The molecule has 1 aliphatic rings. The molecule has 1 saturated heterocycles. The fraction of sp³-hybridized carbons (Fsp3) is 0.333. The molecule has 0 aliphatic carbocycles. The van der Waals surface area contributed by atoms with Crippen molar-refractivity contribution >= 4 is 23.4 Å². The Balaban J connectivity index is 1.63. The summed E-state index contributed by atoms with van der Waals surface area (Å²) >= 11 is 8.15. The SMILES string of the molecule is Clc1ccccc1-c1nnc(SC[C@@H]2CCCCO2)n1Cc1ccccc1. The zero-order chi connectivity index (χ0) is 18.5. The molecular weight excluding hydrogens is 378 g/mol. The molecule has 1 atom stereocenters. The smallest absolute Gasteiger partial charge is 0.191 e. The van der Waals surface area contributed by atoms with Gasteiger partial charge < -0.3 is 4.74 Å². The molecule has 0 radical (unpaired) electrons. The second kappa shape index (κ2) is 8.91.